The molecule has 0 radical (unpaired) electrons. The Hall–Kier alpha value is -2.21. The van der Waals surface area contributed by atoms with E-state index in [9.17, 15) is 4.79 Å². The number of nitrogens with zero attached hydrogens (tertiary/aromatic N) is 3. The van der Waals surface area contributed by atoms with E-state index in [1.807, 2.05) is 28.8 Å². The summed E-state index contributed by atoms with van der Waals surface area (Å²) in [6.07, 6.45) is 7.89. The van der Waals surface area contributed by atoms with Crippen molar-refractivity contribution in [1.82, 2.24) is 19.9 Å². The van der Waals surface area contributed by atoms with Gasteiger partial charge in [0.05, 0.1) is 11.4 Å². The number of carbonyl (C=O) groups excluding carboxylic acids is 1. The number of hydrogen-bond acceptors (Lipinski definition) is 4. The maximum Gasteiger partial charge on any atom is 0.261 e. The van der Waals surface area contributed by atoms with Gasteiger partial charge in [0, 0.05) is 11.1 Å². The Balaban J connectivity index is 1.48. The molecule has 23 heavy (non-hydrogen) atoms. The largest absolute Gasteiger partial charge is 0.344 e. The Morgan fingerprint density at radius 1 is 1.22 bits per heavy atom. The normalized spacial score (nSPS) is 14.4. The van der Waals surface area contributed by atoms with E-state index in [0.717, 1.165) is 29.2 Å². The maximum absolute atomic E-state index is 12.4. The topological polar surface area (TPSA) is 59.3 Å². The highest BCUT2D eigenvalue weighted by Gasteiger charge is 2.16. The first-order valence-electron chi connectivity index (χ1n) is 8.00. The van der Waals surface area contributed by atoms with Gasteiger partial charge in [0.2, 0.25) is 0 Å². The number of pyridine rings is 1. The van der Waals surface area contributed by atoms with Gasteiger partial charge >= 0.3 is 0 Å². The molecule has 0 unspecified atom stereocenters. The number of aromatic nitrogens is 3. The van der Waals surface area contributed by atoms with E-state index in [2.05, 4.69) is 21.6 Å². The fraction of sp³-hybridized carbons (Fsp3) is 0.353. The predicted octanol–water partition coefficient (Wildman–Crippen LogP) is 2.99. The van der Waals surface area contributed by atoms with Crippen LogP contribution >= 0.6 is 11.3 Å². The van der Waals surface area contributed by atoms with Crippen molar-refractivity contribution in [3.05, 3.63) is 51.6 Å². The third-order valence-corrected chi connectivity index (χ3v) is 5.50. The molecule has 3 heterocycles. The van der Waals surface area contributed by atoms with Crippen LogP contribution in [0.2, 0.25) is 0 Å². The maximum atomic E-state index is 12.4. The number of carbonyl (C=O) groups is 1. The summed E-state index contributed by atoms with van der Waals surface area (Å²) in [5.74, 6) is 0.725. The molecule has 5 nitrogen and oxygen atoms in total. The Labute approximate surface area is 138 Å². The van der Waals surface area contributed by atoms with E-state index < -0.39 is 0 Å². The van der Waals surface area contributed by atoms with Crippen molar-refractivity contribution in [1.29, 1.82) is 0 Å². The van der Waals surface area contributed by atoms with Gasteiger partial charge in [0.15, 0.2) is 11.5 Å². The van der Waals surface area contributed by atoms with Gasteiger partial charge in [0.25, 0.3) is 5.91 Å². The molecule has 0 bridgehead atoms. The molecule has 1 aliphatic carbocycles. The Kier molecular flexibility index (Phi) is 3.83. The molecule has 118 valence electrons. The number of hydrogen-bond donors (Lipinski definition) is 1. The van der Waals surface area contributed by atoms with Gasteiger partial charge in [-0.2, -0.15) is 0 Å². The van der Waals surface area contributed by atoms with E-state index >= 15 is 0 Å². The van der Waals surface area contributed by atoms with E-state index in [4.69, 9.17) is 0 Å². The molecule has 0 saturated heterocycles. The van der Waals surface area contributed by atoms with Crippen LogP contribution in [0.4, 0.5) is 0 Å². The van der Waals surface area contributed by atoms with Crippen LogP contribution in [0.3, 0.4) is 0 Å². The lowest BCUT2D eigenvalue weighted by Gasteiger charge is -2.02. The van der Waals surface area contributed by atoms with Crippen molar-refractivity contribution in [3.63, 3.8) is 0 Å². The SMILES string of the molecule is O=C(NCc1nnc2ccccn12)c1cc2c(s1)CCCCC2. The lowest BCUT2D eigenvalue weighted by atomic mass is 10.1. The summed E-state index contributed by atoms with van der Waals surface area (Å²) in [6, 6.07) is 7.82. The number of aryl methyl sites for hydroxylation is 2. The van der Waals surface area contributed by atoms with Crippen LogP contribution in [0.15, 0.2) is 30.5 Å². The van der Waals surface area contributed by atoms with Gasteiger partial charge in [-0.05, 0) is 49.4 Å². The molecule has 0 aliphatic heterocycles. The lowest BCUT2D eigenvalue weighted by molar-refractivity contribution is 0.0954. The molecule has 1 aliphatic rings. The average Bonchev–Trinajstić information content (AvgIpc) is 3.11. The number of thiophene rings is 1. The molecular weight excluding hydrogens is 308 g/mol. The third kappa shape index (κ3) is 2.86. The summed E-state index contributed by atoms with van der Waals surface area (Å²) in [6.45, 7) is 0.382. The number of fused-ring (bicyclic) bond motifs is 2. The first-order chi connectivity index (χ1) is 11.3. The second kappa shape index (κ2) is 6.12. The molecule has 4 rings (SSSR count). The lowest BCUT2D eigenvalue weighted by Crippen LogP contribution is -2.23. The molecule has 0 fully saturated rings. The van der Waals surface area contributed by atoms with Crippen LogP contribution in [0.25, 0.3) is 5.65 Å². The minimum atomic E-state index is -0.0178. The highest BCUT2D eigenvalue weighted by molar-refractivity contribution is 7.14. The van der Waals surface area contributed by atoms with E-state index in [1.54, 1.807) is 11.3 Å². The van der Waals surface area contributed by atoms with Gasteiger partial charge in [-0.3, -0.25) is 9.20 Å². The van der Waals surface area contributed by atoms with Crippen molar-refractivity contribution in [2.45, 2.75) is 38.6 Å². The quantitative estimate of drug-likeness (QED) is 0.753. The second-order valence-corrected chi connectivity index (χ2v) is 6.98. The molecule has 0 saturated carbocycles. The first kappa shape index (κ1) is 14.4. The molecule has 1 amide bonds. The van der Waals surface area contributed by atoms with Gasteiger partial charge < -0.3 is 5.32 Å². The number of amides is 1. The summed E-state index contributed by atoms with van der Waals surface area (Å²) in [7, 11) is 0. The van der Waals surface area contributed by atoms with E-state index in [0.29, 0.717) is 6.54 Å². The van der Waals surface area contributed by atoms with Gasteiger partial charge in [-0.15, -0.1) is 21.5 Å². The highest BCUT2D eigenvalue weighted by Crippen LogP contribution is 2.28. The van der Waals surface area contributed by atoms with E-state index in [1.165, 1.54) is 29.7 Å². The molecule has 1 N–H and O–H groups in total. The smallest absolute Gasteiger partial charge is 0.261 e. The fourth-order valence-corrected chi connectivity index (χ4v) is 4.21. The second-order valence-electron chi connectivity index (χ2n) is 5.85. The van der Waals surface area contributed by atoms with Gasteiger partial charge in [0.1, 0.15) is 0 Å². The van der Waals surface area contributed by atoms with Crippen LogP contribution in [0.1, 0.15) is 45.2 Å². The van der Waals surface area contributed by atoms with Gasteiger partial charge in [-0.25, -0.2) is 0 Å². The van der Waals surface area contributed by atoms with Crippen molar-refractivity contribution in [2.24, 2.45) is 0 Å². The summed E-state index contributed by atoms with van der Waals surface area (Å²) in [5.41, 5.74) is 2.16. The molecule has 0 atom stereocenters. The molecule has 3 aromatic heterocycles. The summed E-state index contributed by atoms with van der Waals surface area (Å²) >= 11 is 1.64. The Morgan fingerprint density at radius 3 is 3.09 bits per heavy atom. The van der Waals surface area contributed by atoms with Crippen LogP contribution < -0.4 is 5.32 Å². The zero-order valence-electron chi connectivity index (χ0n) is 12.8. The summed E-state index contributed by atoms with van der Waals surface area (Å²) < 4.78 is 1.89. The van der Waals surface area contributed by atoms with Crippen LogP contribution in [-0.2, 0) is 19.4 Å². The highest BCUT2D eigenvalue weighted by atomic mass is 32.1. The summed E-state index contributed by atoms with van der Waals surface area (Å²) in [5, 5.41) is 11.2. The zero-order chi connectivity index (χ0) is 15.6. The minimum Gasteiger partial charge on any atom is -0.344 e. The summed E-state index contributed by atoms with van der Waals surface area (Å²) in [4.78, 5) is 14.6. The van der Waals surface area contributed by atoms with Crippen molar-refractivity contribution < 1.29 is 4.79 Å². The Bertz CT molecular complexity index is 828. The molecular formula is C17H18N4OS. The fourth-order valence-electron chi connectivity index (χ4n) is 3.04. The third-order valence-electron chi connectivity index (χ3n) is 4.26. The zero-order valence-corrected chi connectivity index (χ0v) is 13.6. The van der Waals surface area contributed by atoms with Crippen molar-refractivity contribution >= 4 is 22.9 Å². The minimum absolute atomic E-state index is 0.0178. The van der Waals surface area contributed by atoms with Crippen LogP contribution in [0.5, 0.6) is 0 Å². The van der Waals surface area contributed by atoms with Crippen LogP contribution in [-0.4, -0.2) is 20.5 Å². The van der Waals surface area contributed by atoms with Crippen LogP contribution in [0, 0.1) is 0 Å². The first-order valence-corrected chi connectivity index (χ1v) is 8.81. The van der Waals surface area contributed by atoms with Crippen molar-refractivity contribution in [2.75, 3.05) is 0 Å². The average molecular weight is 326 g/mol. The number of rotatable bonds is 3. The molecule has 6 heteroatoms. The monoisotopic (exact) mass is 326 g/mol. The van der Waals surface area contributed by atoms with Crippen molar-refractivity contribution in [3.8, 4) is 0 Å². The van der Waals surface area contributed by atoms with Gasteiger partial charge in [-0.1, -0.05) is 12.5 Å². The predicted molar refractivity (Wildman–Crippen MR) is 89.7 cm³/mol. The Morgan fingerprint density at radius 2 is 2.13 bits per heavy atom. The number of nitrogens with one attached hydrogen (secondary N) is 1. The standard InChI is InChI=1S/C17H18N4OS/c22-17(14-10-12-6-2-1-3-7-13(12)23-14)18-11-16-20-19-15-8-4-5-9-21(15)16/h4-5,8-10H,1-3,6-7,11H2,(H,18,22). The molecule has 0 spiro atoms. The molecule has 3 aromatic rings. The molecule has 0 aromatic carbocycles. The van der Waals surface area contributed by atoms with E-state index in [-0.39, 0.29) is 5.91 Å².